The maximum absolute atomic E-state index is 12.9. The first-order chi connectivity index (χ1) is 11.4. The van der Waals surface area contributed by atoms with Crippen molar-refractivity contribution in [3.05, 3.63) is 34.9 Å². The highest BCUT2D eigenvalue weighted by molar-refractivity contribution is 6.30. The molecule has 1 aromatic rings. The third-order valence-electron chi connectivity index (χ3n) is 4.81. The maximum Gasteiger partial charge on any atom is 0.325 e. The van der Waals surface area contributed by atoms with Crippen LogP contribution in [0.4, 0.5) is 4.79 Å². The van der Waals surface area contributed by atoms with Gasteiger partial charge in [-0.25, -0.2) is 4.79 Å². The van der Waals surface area contributed by atoms with Crippen LogP contribution >= 0.6 is 11.6 Å². The molecular formula is C18H24ClN3O2. The van der Waals surface area contributed by atoms with Crippen LogP contribution in [0.3, 0.4) is 0 Å². The lowest BCUT2D eigenvalue weighted by molar-refractivity contribution is -0.133. The second-order valence-electron chi connectivity index (χ2n) is 7.23. The van der Waals surface area contributed by atoms with Crippen molar-refractivity contribution in [3.63, 3.8) is 0 Å². The van der Waals surface area contributed by atoms with Crippen LogP contribution in [0.5, 0.6) is 0 Å². The van der Waals surface area contributed by atoms with Crippen LogP contribution in [-0.2, 0) is 11.3 Å². The molecular weight excluding hydrogens is 326 g/mol. The molecule has 6 heteroatoms. The average molecular weight is 350 g/mol. The van der Waals surface area contributed by atoms with E-state index in [9.17, 15) is 9.59 Å². The normalized spacial score (nSPS) is 20.9. The number of likely N-dealkylation sites (tertiary alicyclic amines) is 1. The Bertz CT molecular complexity index is 639. The largest absolute Gasteiger partial charge is 0.325 e. The van der Waals surface area contributed by atoms with E-state index in [0.717, 1.165) is 25.2 Å². The number of hydrogen-bond acceptors (Lipinski definition) is 3. The second-order valence-corrected chi connectivity index (χ2v) is 7.66. The van der Waals surface area contributed by atoms with Gasteiger partial charge in [-0.1, -0.05) is 37.6 Å². The van der Waals surface area contributed by atoms with Gasteiger partial charge in [0.1, 0.15) is 5.54 Å². The summed E-state index contributed by atoms with van der Waals surface area (Å²) in [6.07, 6.45) is 1.35. The zero-order valence-electron chi connectivity index (χ0n) is 14.2. The molecule has 2 aliphatic rings. The van der Waals surface area contributed by atoms with Gasteiger partial charge < -0.3 is 10.2 Å². The number of carbonyl (C=O) groups excluding carboxylic acids is 2. The van der Waals surface area contributed by atoms with Gasteiger partial charge in [-0.2, -0.15) is 0 Å². The smallest absolute Gasteiger partial charge is 0.323 e. The Morgan fingerprint density at radius 3 is 2.58 bits per heavy atom. The van der Waals surface area contributed by atoms with E-state index in [-0.39, 0.29) is 18.5 Å². The summed E-state index contributed by atoms with van der Waals surface area (Å²) in [5, 5.41) is 3.56. The standard InChI is InChI=1S/C18H24ClN3O2/c1-13(2)11-21-8-6-18(7-9-21)16(23)22(17(24)20-18)12-14-4-3-5-15(19)10-14/h3-5,10,13H,6-9,11-12H2,1-2H3,(H,20,24). The van der Waals surface area contributed by atoms with Crippen molar-refractivity contribution >= 4 is 23.5 Å². The summed E-state index contributed by atoms with van der Waals surface area (Å²) in [5.74, 6) is 0.504. The molecule has 130 valence electrons. The summed E-state index contributed by atoms with van der Waals surface area (Å²) in [5.41, 5.74) is 0.142. The zero-order valence-corrected chi connectivity index (χ0v) is 15.0. The summed E-state index contributed by atoms with van der Waals surface area (Å²) >= 11 is 5.99. The number of rotatable bonds is 4. The molecule has 2 heterocycles. The van der Waals surface area contributed by atoms with Gasteiger partial charge in [0.2, 0.25) is 0 Å². The molecule has 24 heavy (non-hydrogen) atoms. The Morgan fingerprint density at radius 2 is 1.96 bits per heavy atom. The van der Waals surface area contributed by atoms with Gasteiger partial charge in [0.05, 0.1) is 6.54 Å². The molecule has 1 N–H and O–H groups in total. The Balaban J connectivity index is 1.68. The molecule has 1 spiro atoms. The Morgan fingerprint density at radius 1 is 1.25 bits per heavy atom. The summed E-state index contributed by atoms with van der Waals surface area (Å²) < 4.78 is 0. The van der Waals surface area contributed by atoms with Crippen LogP contribution in [0.15, 0.2) is 24.3 Å². The molecule has 0 atom stereocenters. The fraction of sp³-hybridized carbons (Fsp3) is 0.556. The van der Waals surface area contributed by atoms with Gasteiger partial charge >= 0.3 is 6.03 Å². The Labute approximate surface area is 147 Å². The molecule has 0 bridgehead atoms. The molecule has 0 aliphatic carbocycles. The molecule has 0 unspecified atom stereocenters. The molecule has 2 aliphatic heterocycles. The number of imide groups is 1. The van der Waals surface area contributed by atoms with Gasteiger partial charge in [-0.3, -0.25) is 9.69 Å². The fourth-order valence-electron chi connectivity index (χ4n) is 3.61. The first-order valence-electron chi connectivity index (χ1n) is 8.50. The van der Waals surface area contributed by atoms with Gasteiger partial charge in [0.15, 0.2) is 0 Å². The lowest BCUT2D eigenvalue weighted by Gasteiger charge is -2.38. The fourth-order valence-corrected chi connectivity index (χ4v) is 3.82. The number of amides is 3. The van der Waals surface area contributed by atoms with Gasteiger partial charge in [-0.15, -0.1) is 0 Å². The minimum atomic E-state index is -0.719. The minimum absolute atomic E-state index is 0.100. The van der Waals surface area contributed by atoms with E-state index in [2.05, 4.69) is 24.1 Å². The number of piperidine rings is 1. The van der Waals surface area contributed by atoms with Crippen LogP contribution in [0, 0.1) is 5.92 Å². The first-order valence-corrected chi connectivity index (χ1v) is 8.88. The summed E-state index contributed by atoms with van der Waals surface area (Å²) in [4.78, 5) is 28.9. The number of benzene rings is 1. The van der Waals surface area contributed by atoms with Crippen LogP contribution in [0.25, 0.3) is 0 Å². The van der Waals surface area contributed by atoms with Crippen molar-refractivity contribution in [2.75, 3.05) is 19.6 Å². The van der Waals surface area contributed by atoms with Gasteiger partial charge in [0.25, 0.3) is 5.91 Å². The summed E-state index contributed by atoms with van der Waals surface area (Å²) in [6, 6.07) is 6.98. The third kappa shape index (κ3) is 3.42. The van der Waals surface area contributed by atoms with E-state index in [1.807, 2.05) is 12.1 Å². The molecule has 3 rings (SSSR count). The second kappa shape index (κ2) is 6.73. The Kier molecular flexibility index (Phi) is 4.83. The van der Waals surface area contributed by atoms with Crippen LogP contribution in [0.1, 0.15) is 32.3 Å². The lowest BCUT2D eigenvalue weighted by atomic mass is 9.87. The highest BCUT2D eigenvalue weighted by atomic mass is 35.5. The molecule has 3 amide bonds. The van der Waals surface area contributed by atoms with E-state index >= 15 is 0 Å². The molecule has 0 aromatic heterocycles. The van der Waals surface area contributed by atoms with Crippen molar-refractivity contribution < 1.29 is 9.59 Å². The zero-order chi connectivity index (χ0) is 17.3. The van der Waals surface area contributed by atoms with Crippen molar-refractivity contribution in [2.45, 2.75) is 38.8 Å². The van der Waals surface area contributed by atoms with E-state index in [4.69, 9.17) is 11.6 Å². The number of carbonyl (C=O) groups is 2. The first kappa shape index (κ1) is 17.2. The number of nitrogens with zero attached hydrogens (tertiary/aromatic N) is 2. The quantitative estimate of drug-likeness (QED) is 0.850. The summed E-state index contributed by atoms with van der Waals surface area (Å²) in [7, 11) is 0. The van der Waals surface area contributed by atoms with E-state index in [1.165, 1.54) is 4.90 Å². The predicted molar refractivity (Wildman–Crippen MR) is 93.8 cm³/mol. The van der Waals surface area contributed by atoms with E-state index in [1.54, 1.807) is 12.1 Å². The van der Waals surface area contributed by atoms with Crippen molar-refractivity contribution in [3.8, 4) is 0 Å². The number of nitrogens with one attached hydrogen (secondary N) is 1. The SMILES string of the molecule is CC(C)CN1CCC2(CC1)NC(=O)N(Cc1cccc(Cl)c1)C2=O. The lowest BCUT2D eigenvalue weighted by Crippen LogP contribution is -2.55. The average Bonchev–Trinajstić information content (AvgIpc) is 2.74. The molecule has 0 radical (unpaired) electrons. The van der Waals surface area contributed by atoms with Crippen molar-refractivity contribution in [1.29, 1.82) is 0 Å². The van der Waals surface area contributed by atoms with Gasteiger partial charge in [-0.05, 0) is 36.5 Å². The molecule has 2 saturated heterocycles. The topological polar surface area (TPSA) is 52.7 Å². The Hall–Kier alpha value is -1.59. The van der Waals surface area contributed by atoms with Gasteiger partial charge in [0, 0.05) is 24.7 Å². The van der Waals surface area contributed by atoms with Crippen LogP contribution in [0.2, 0.25) is 5.02 Å². The predicted octanol–water partition coefficient (Wildman–Crippen LogP) is 2.88. The number of halogens is 1. The highest BCUT2D eigenvalue weighted by Crippen LogP contribution is 2.30. The number of hydrogen-bond donors (Lipinski definition) is 1. The van der Waals surface area contributed by atoms with Crippen molar-refractivity contribution in [1.82, 2.24) is 15.1 Å². The molecule has 1 aromatic carbocycles. The molecule has 0 saturated carbocycles. The highest BCUT2D eigenvalue weighted by Gasteiger charge is 2.52. The van der Waals surface area contributed by atoms with E-state index in [0.29, 0.717) is 23.8 Å². The third-order valence-corrected chi connectivity index (χ3v) is 5.04. The van der Waals surface area contributed by atoms with Crippen molar-refractivity contribution in [2.24, 2.45) is 5.92 Å². The minimum Gasteiger partial charge on any atom is -0.323 e. The monoisotopic (exact) mass is 349 g/mol. The maximum atomic E-state index is 12.9. The molecule has 2 fully saturated rings. The van der Waals surface area contributed by atoms with Crippen LogP contribution in [-0.4, -0.2) is 46.9 Å². The summed E-state index contributed by atoms with van der Waals surface area (Å²) in [6.45, 7) is 7.37. The number of urea groups is 1. The molecule has 5 nitrogen and oxygen atoms in total. The van der Waals surface area contributed by atoms with Crippen LogP contribution < -0.4 is 5.32 Å². The van der Waals surface area contributed by atoms with E-state index < -0.39 is 5.54 Å².